The molecule has 0 spiro atoms. The van der Waals surface area contributed by atoms with Crippen molar-refractivity contribution in [3.8, 4) is 0 Å². The third-order valence-corrected chi connectivity index (χ3v) is 5.36. The topological polar surface area (TPSA) is 23.6 Å². The van der Waals surface area contributed by atoms with Crippen LogP contribution in [0.4, 0.5) is 27.6 Å². The molecule has 1 saturated heterocycles. The fourth-order valence-corrected chi connectivity index (χ4v) is 3.69. The molecule has 1 fully saturated rings. The van der Waals surface area contributed by atoms with Crippen LogP contribution in [0.15, 0.2) is 60.7 Å². The summed E-state index contributed by atoms with van der Waals surface area (Å²) in [4.78, 5) is 15.1. The van der Waals surface area contributed by atoms with E-state index in [0.717, 1.165) is 13.0 Å². The van der Waals surface area contributed by atoms with Gasteiger partial charge in [0, 0.05) is 31.4 Å². The van der Waals surface area contributed by atoms with Crippen LogP contribution in [0.3, 0.4) is 0 Å². The van der Waals surface area contributed by atoms with Crippen LogP contribution in [0, 0.1) is 0 Å². The number of carbonyl (C=O) groups excluding carboxylic acids is 1. The van der Waals surface area contributed by atoms with Crippen molar-refractivity contribution in [2.75, 3.05) is 24.5 Å². The number of alkyl halides is 5. The van der Waals surface area contributed by atoms with Crippen molar-refractivity contribution in [1.29, 1.82) is 0 Å². The lowest BCUT2D eigenvalue weighted by atomic mass is 10.0. The number of benzene rings is 2. The van der Waals surface area contributed by atoms with Gasteiger partial charge < -0.3 is 9.80 Å². The number of carbonyl (C=O) groups is 1. The van der Waals surface area contributed by atoms with E-state index in [1.807, 2.05) is 30.3 Å². The molecule has 0 radical (unpaired) electrons. The summed E-state index contributed by atoms with van der Waals surface area (Å²) in [5.74, 6) is -7.66. The average molecular weight is 463 g/mol. The van der Waals surface area contributed by atoms with Crippen LogP contribution in [0.25, 0.3) is 0 Å². The minimum atomic E-state index is -5.94. The van der Waals surface area contributed by atoms with Crippen molar-refractivity contribution >= 4 is 24.0 Å². The number of piperidine rings is 1. The summed E-state index contributed by atoms with van der Waals surface area (Å²) in [6.45, 7) is 1.80. The number of para-hydroxylation sites is 1. The quantitative estimate of drug-likeness (QED) is 0.541. The number of hydrogen-bond donors (Lipinski definition) is 0. The van der Waals surface area contributed by atoms with Gasteiger partial charge in [-0.3, -0.25) is 4.79 Å². The second-order valence-electron chi connectivity index (χ2n) is 7.39. The van der Waals surface area contributed by atoms with Crippen LogP contribution in [0.5, 0.6) is 0 Å². The molecule has 0 atom stereocenters. The molecule has 170 valence electrons. The summed E-state index contributed by atoms with van der Waals surface area (Å²) in [5.41, 5.74) is 1.22. The lowest BCUT2D eigenvalue weighted by Gasteiger charge is -2.40. The Balaban J connectivity index is 0.00000341. The smallest absolute Gasteiger partial charge is 0.304 e. The van der Waals surface area contributed by atoms with E-state index in [9.17, 15) is 26.7 Å². The zero-order valence-corrected chi connectivity index (χ0v) is 17.5. The molecule has 0 unspecified atom stereocenters. The number of likely N-dealkylation sites (tertiary alicyclic amines) is 1. The third-order valence-electron chi connectivity index (χ3n) is 5.36. The van der Waals surface area contributed by atoms with Gasteiger partial charge in [0.2, 0.25) is 0 Å². The number of rotatable bonds is 6. The van der Waals surface area contributed by atoms with E-state index in [4.69, 9.17) is 0 Å². The Labute approximate surface area is 184 Å². The minimum absolute atomic E-state index is 0. The summed E-state index contributed by atoms with van der Waals surface area (Å²) in [7, 11) is 0. The van der Waals surface area contributed by atoms with Gasteiger partial charge in [0.25, 0.3) is 0 Å². The van der Waals surface area contributed by atoms with Gasteiger partial charge in [0.05, 0.1) is 0 Å². The molecule has 1 amide bonds. The van der Waals surface area contributed by atoms with Crippen LogP contribution < -0.4 is 4.90 Å². The van der Waals surface area contributed by atoms with Crippen molar-refractivity contribution in [1.82, 2.24) is 4.90 Å². The van der Waals surface area contributed by atoms with E-state index >= 15 is 0 Å². The monoisotopic (exact) mass is 462 g/mol. The molecule has 2 aromatic rings. The van der Waals surface area contributed by atoms with Crippen molar-refractivity contribution in [2.45, 2.75) is 37.4 Å². The first-order valence-electron chi connectivity index (χ1n) is 9.79. The molecule has 1 aliphatic heterocycles. The van der Waals surface area contributed by atoms with Gasteiger partial charge in [-0.25, -0.2) is 0 Å². The molecule has 3 rings (SSSR count). The SMILES string of the molecule is Cl.O=C(N(c1ccccc1)C1CCN(CCc2ccccc2)CC1)C(F)(F)C(F)(F)F. The second-order valence-corrected chi connectivity index (χ2v) is 7.39. The average Bonchev–Trinajstić information content (AvgIpc) is 2.74. The molecule has 0 N–H and O–H groups in total. The maximum atomic E-state index is 13.9. The van der Waals surface area contributed by atoms with Gasteiger partial charge in [-0.15, -0.1) is 12.4 Å². The predicted octanol–water partition coefficient (Wildman–Crippen LogP) is 5.35. The van der Waals surface area contributed by atoms with E-state index in [0.29, 0.717) is 30.8 Å². The van der Waals surface area contributed by atoms with Crippen LogP contribution in [0.1, 0.15) is 18.4 Å². The van der Waals surface area contributed by atoms with Crippen LogP contribution in [-0.2, 0) is 11.2 Å². The van der Waals surface area contributed by atoms with E-state index in [2.05, 4.69) is 4.90 Å². The number of amides is 1. The zero-order valence-electron chi connectivity index (χ0n) is 16.7. The zero-order chi connectivity index (χ0) is 21.8. The second kappa shape index (κ2) is 10.4. The highest BCUT2D eigenvalue weighted by molar-refractivity contribution is 5.99. The van der Waals surface area contributed by atoms with Crippen LogP contribution in [-0.4, -0.2) is 48.6 Å². The Morgan fingerprint density at radius 3 is 1.94 bits per heavy atom. The van der Waals surface area contributed by atoms with E-state index in [-0.39, 0.29) is 18.1 Å². The van der Waals surface area contributed by atoms with Crippen molar-refractivity contribution in [3.63, 3.8) is 0 Å². The van der Waals surface area contributed by atoms with Crippen LogP contribution in [0.2, 0.25) is 0 Å². The normalized spacial score (nSPS) is 15.9. The first kappa shape index (κ1) is 25.1. The number of nitrogens with zero attached hydrogens (tertiary/aromatic N) is 2. The summed E-state index contributed by atoms with van der Waals surface area (Å²) in [5, 5.41) is 0. The first-order valence-corrected chi connectivity index (χ1v) is 9.79. The molecule has 1 aliphatic rings. The van der Waals surface area contributed by atoms with Crippen molar-refractivity contribution in [3.05, 3.63) is 66.2 Å². The molecule has 0 bridgehead atoms. The highest BCUT2D eigenvalue weighted by Gasteiger charge is 2.65. The van der Waals surface area contributed by atoms with Crippen LogP contribution >= 0.6 is 12.4 Å². The molecule has 0 aliphatic carbocycles. The lowest BCUT2D eigenvalue weighted by Crippen LogP contribution is -2.57. The molecule has 31 heavy (non-hydrogen) atoms. The standard InChI is InChI=1S/C22H23F5N2O.ClH/c23-21(24,22(25,26)27)20(30)29(18-9-5-2-6-10-18)19-12-15-28(16-13-19)14-11-17-7-3-1-4-8-17;/h1-10,19H,11-16H2;1H. The number of hydrogen-bond acceptors (Lipinski definition) is 2. The molecular formula is C22H24ClF5N2O. The maximum Gasteiger partial charge on any atom is 0.463 e. The van der Waals surface area contributed by atoms with Gasteiger partial charge in [-0.2, -0.15) is 22.0 Å². The molecule has 1 heterocycles. The molecule has 2 aromatic carbocycles. The van der Waals surface area contributed by atoms with E-state index in [1.54, 1.807) is 6.07 Å². The molecule has 3 nitrogen and oxygen atoms in total. The van der Waals surface area contributed by atoms with Gasteiger partial charge in [-0.1, -0.05) is 48.5 Å². The largest absolute Gasteiger partial charge is 0.463 e. The fourth-order valence-electron chi connectivity index (χ4n) is 3.69. The number of halogens is 6. The summed E-state index contributed by atoms with van der Waals surface area (Å²) in [6.07, 6.45) is -4.47. The van der Waals surface area contributed by atoms with Gasteiger partial charge in [-0.05, 0) is 37.0 Å². The van der Waals surface area contributed by atoms with Crippen molar-refractivity contribution in [2.24, 2.45) is 0 Å². The van der Waals surface area contributed by atoms with E-state index < -0.39 is 24.0 Å². The van der Waals surface area contributed by atoms with Gasteiger partial charge >= 0.3 is 18.0 Å². The fraction of sp³-hybridized carbons (Fsp3) is 0.409. The summed E-state index contributed by atoms with van der Waals surface area (Å²) in [6, 6.07) is 16.5. The Morgan fingerprint density at radius 1 is 0.903 bits per heavy atom. The first-order chi connectivity index (χ1) is 14.2. The summed E-state index contributed by atoms with van der Waals surface area (Å²) < 4.78 is 66.3. The minimum Gasteiger partial charge on any atom is -0.304 e. The Kier molecular flexibility index (Phi) is 8.42. The number of anilines is 1. The maximum absolute atomic E-state index is 13.9. The molecular weight excluding hydrogens is 439 g/mol. The Hall–Kier alpha value is -2.19. The molecule has 0 saturated carbocycles. The molecule has 0 aromatic heterocycles. The van der Waals surface area contributed by atoms with Gasteiger partial charge in [0.1, 0.15) is 0 Å². The Morgan fingerprint density at radius 2 is 1.42 bits per heavy atom. The highest BCUT2D eigenvalue weighted by Crippen LogP contribution is 2.39. The Bertz CT molecular complexity index is 825. The summed E-state index contributed by atoms with van der Waals surface area (Å²) >= 11 is 0. The predicted molar refractivity (Wildman–Crippen MR) is 112 cm³/mol. The molecule has 9 heteroatoms. The third kappa shape index (κ3) is 5.95. The van der Waals surface area contributed by atoms with Gasteiger partial charge in [0.15, 0.2) is 0 Å². The van der Waals surface area contributed by atoms with Crippen molar-refractivity contribution < 1.29 is 26.7 Å². The van der Waals surface area contributed by atoms with E-state index in [1.165, 1.54) is 29.8 Å². The lowest BCUT2D eigenvalue weighted by molar-refractivity contribution is -0.268. The highest BCUT2D eigenvalue weighted by atomic mass is 35.5.